The fourth-order valence-electron chi connectivity index (χ4n) is 2.45. The number of nitrogens with zero attached hydrogens (tertiary/aromatic N) is 3. The molecular formula is C19H23ClN4O3S. The lowest BCUT2D eigenvalue weighted by Gasteiger charge is -2.27. The van der Waals surface area contributed by atoms with Gasteiger partial charge in [-0.2, -0.15) is 0 Å². The van der Waals surface area contributed by atoms with Gasteiger partial charge in [0.2, 0.25) is 5.82 Å². The molecule has 1 aromatic heterocycles. The molecule has 0 spiro atoms. The third-order valence-electron chi connectivity index (χ3n) is 4.16. The molecule has 2 atom stereocenters. The molecule has 1 heterocycles. The van der Waals surface area contributed by atoms with Crippen LogP contribution < -0.4 is 10.2 Å². The first-order chi connectivity index (χ1) is 13.1. The summed E-state index contributed by atoms with van der Waals surface area (Å²) in [7, 11) is -1.35. The summed E-state index contributed by atoms with van der Waals surface area (Å²) in [5.41, 5.74) is 1.70. The van der Waals surface area contributed by atoms with Crippen LogP contribution in [0, 0.1) is 0 Å². The van der Waals surface area contributed by atoms with Gasteiger partial charge < -0.3 is 10.2 Å². The minimum Gasteiger partial charge on any atom is -0.365 e. The molecule has 0 aliphatic carbocycles. The van der Waals surface area contributed by atoms with Crippen LogP contribution in [0.1, 0.15) is 36.1 Å². The zero-order valence-corrected chi connectivity index (χ0v) is 17.7. The minimum atomic E-state index is -3.25. The Morgan fingerprint density at radius 1 is 1.21 bits per heavy atom. The maximum atomic E-state index is 12.2. The number of carbonyl (C=O) groups is 1. The average Bonchev–Trinajstić information content (AvgIpc) is 2.65. The number of benzene rings is 1. The highest BCUT2D eigenvalue weighted by Gasteiger charge is 2.17. The van der Waals surface area contributed by atoms with Gasteiger partial charge in [0.15, 0.2) is 9.84 Å². The predicted molar refractivity (Wildman–Crippen MR) is 111 cm³/mol. The van der Waals surface area contributed by atoms with Crippen LogP contribution in [0.4, 0.5) is 5.69 Å². The molecule has 0 saturated carbocycles. The normalized spacial score (nSPS) is 13.9. The van der Waals surface area contributed by atoms with E-state index in [4.69, 9.17) is 11.6 Å². The van der Waals surface area contributed by atoms with Crippen LogP contribution in [0.2, 0.25) is 5.02 Å². The largest absolute Gasteiger partial charge is 0.365 e. The second-order valence-electron chi connectivity index (χ2n) is 6.49. The molecule has 0 aliphatic heterocycles. The number of anilines is 1. The smallest absolute Gasteiger partial charge is 0.289 e. The van der Waals surface area contributed by atoms with Gasteiger partial charge in [-0.05, 0) is 25.5 Å². The first-order valence-electron chi connectivity index (χ1n) is 8.57. The summed E-state index contributed by atoms with van der Waals surface area (Å²) in [5, 5.41) is 4.35. The van der Waals surface area contributed by atoms with Gasteiger partial charge in [-0.25, -0.2) is 18.4 Å². The topological polar surface area (TPSA) is 92.3 Å². The van der Waals surface area contributed by atoms with Crippen LogP contribution in [-0.2, 0) is 9.84 Å². The summed E-state index contributed by atoms with van der Waals surface area (Å²) < 4.78 is 22.3. The second-order valence-corrected chi connectivity index (χ2v) is 8.83. The molecule has 0 bridgehead atoms. The number of rotatable bonds is 7. The summed E-state index contributed by atoms with van der Waals surface area (Å²) in [5.74, 6) is -0.485. The van der Waals surface area contributed by atoms with Crippen molar-refractivity contribution < 1.29 is 13.2 Å². The van der Waals surface area contributed by atoms with E-state index in [1.807, 2.05) is 43.1 Å². The SMILES string of the molecule is C[C@H](/C=C/S(C)(=O)=O)NC(=O)c1ncc(N(C)[C@@H](C)c2ccccc2Cl)cn1. The molecular weight excluding hydrogens is 400 g/mol. The fraction of sp³-hybridized carbons (Fsp3) is 0.316. The third-order valence-corrected chi connectivity index (χ3v) is 5.15. The average molecular weight is 423 g/mol. The molecule has 7 nitrogen and oxygen atoms in total. The number of halogens is 1. The summed E-state index contributed by atoms with van der Waals surface area (Å²) in [6.07, 6.45) is 5.60. The number of aromatic nitrogens is 2. The highest BCUT2D eigenvalue weighted by Crippen LogP contribution is 2.29. The Bertz CT molecular complexity index is 961. The van der Waals surface area contributed by atoms with Gasteiger partial charge in [0.1, 0.15) is 0 Å². The summed E-state index contributed by atoms with van der Waals surface area (Å²) in [6, 6.07) is 7.10. The maximum absolute atomic E-state index is 12.2. The van der Waals surface area contributed by atoms with Crippen LogP contribution in [0.15, 0.2) is 48.1 Å². The van der Waals surface area contributed by atoms with Gasteiger partial charge in [0.05, 0.1) is 24.1 Å². The van der Waals surface area contributed by atoms with E-state index in [1.165, 1.54) is 6.08 Å². The molecule has 150 valence electrons. The van der Waals surface area contributed by atoms with Crippen molar-refractivity contribution >= 4 is 33.0 Å². The number of amides is 1. The van der Waals surface area contributed by atoms with Crippen LogP contribution in [0.25, 0.3) is 0 Å². The molecule has 0 radical (unpaired) electrons. The molecule has 2 aromatic rings. The molecule has 28 heavy (non-hydrogen) atoms. The Kier molecular flexibility index (Phi) is 7.15. The van der Waals surface area contributed by atoms with E-state index in [9.17, 15) is 13.2 Å². The monoisotopic (exact) mass is 422 g/mol. The van der Waals surface area contributed by atoms with E-state index >= 15 is 0 Å². The molecule has 0 unspecified atom stereocenters. The Morgan fingerprint density at radius 3 is 2.39 bits per heavy atom. The second kappa shape index (κ2) is 9.16. The molecule has 1 aromatic carbocycles. The number of hydrogen-bond acceptors (Lipinski definition) is 6. The van der Waals surface area contributed by atoms with Gasteiger partial charge in [0, 0.05) is 29.8 Å². The molecule has 0 fully saturated rings. The quantitative estimate of drug-likeness (QED) is 0.737. The lowest BCUT2D eigenvalue weighted by molar-refractivity contribution is 0.0936. The zero-order valence-electron chi connectivity index (χ0n) is 16.1. The summed E-state index contributed by atoms with van der Waals surface area (Å²) in [4.78, 5) is 22.4. The minimum absolute atomic E-state index is 0.00199. The van der Waals surface area contributed by atoms with Crippen LogP contribution in [0.3, 0.4) is 0 Å². The molecule has 9 heteroatoms. The van der Waals surface area contributed by atoms with Crippen LogP contribution in [-0.4, -0.2) is 43.6 Å². The van der Waals surface area contributed by atoms with Crippen molar-refractivity contribution in [3.8, 4) is 0 Å². The molecule has 0 aliphatic rings. The molecule has 2 rings (SSSR count). The Morgan fingerprint density at radius 2 is 1.82 bits per heavy atom. The van der Waals surface area contributed by atoms with Gasteiger partial charge >= 0.3 is 0 Å². The van der Waals surface area contributed by atoms with E-state index in [-0.39, 0.29) is 11.9 Å². The van der Waals surface area contributed by atoms with Crippen molar-refractivity contribution in [2.75, 3.05) is 18.2 Å². The zero-order chi connectivity index (χ0) is 20.9. The summed E-state index contributed by atoms with van der Waals surface area (Å²) in [6.45, 7) is 3.67. The van der Waals surface area contributed by atoms with E-state index in [1.54, 1.807) is 19.3 Å². The van der Waals surface area contributed by atoms with Crippen molar-refractivity contribution in [2.45, 2.75) is 25.9 Å². The van der Waals surface area contributed by atoms with Gasteiger partial charge in [0.25, 0.3) is 5.91 Å². The lowest BCUT2D eigenvalue weighted by Crippen LogP contribution is -2.32. The lowest BCUT2D eigenvalue weighted by atomic mass is 10.1. The van der Waals surface area contributed by atoms with E-state index in [0.29, 0.717) is 5.02 Å². The fourth-order valence-corrected chi connectivity index (χ4v) is 3.26. The standard InChI is InChI=1S/C19H23ClN4O3S/c1-13(9-10-28(4,26)27)23-19(25)18-21-11-15(12-22-18)24(3)14(2)16-7-5-6-8-17(16)20/h5-14H,1-4H3,(H,23,25)/b10-9+/t13-,14+/m1/s1. The first-order valence-corrected chi connectivity index (χ1v) is 10.9. The highest BCUT2D eigenvalue weighted by molar-refractivity contribution is 7.93. The van der Waals surface area contributed by atoms with E-state index < -0.39 is 21.8 Å². The molecule has 1 amide bonds. The Balaban J connectivity index is 2.07. The number of nitrogens with one attached hydrogen (secondary N) is 1. The van der Waals surface area contributed by atoms with Gasteiger partial charge in [-0.3, -0.25) is 4.79 Å². The Hall–Kier alpha value is -2.45. The maximum Gasteiger partial charge on any atom is 0.289 e. The van der Waals surface area contributed by atoms with Gasteiger partial charge in [-0.1, -0.05) is 35.9 Å². The van der Waals surface area contributed by atoms with Crippen LogP contribution in [0.5, 0.6) is 0 Å². The van der Waals surface area contributed by atoms with E-state index in [2.05, 4.69) is 15.3 Å². The predicted octanol–water partition coefficient (Wildman–Crippen LogP) is 3.00. The van der Waals surface area contributed by atoms with Gasteiger partial charge in [-0.15, -0.1) is 0 Å². The van der Waals surface area contributed by atoms with Crippen molar-refractivity contribution in [1.29, 1.82) is 0 Å². The van der Waals surface area contributed by atoms with Crippen molar-refractivity contribution in [3.63, 3.8) is 0 Å². The van der Waals surface area contributed by atoms with Crippen LogP contribution >= 0.6 is 11.6 Å². The Labute approximate surface area is 170 Å². The third kappa shape index (κ3) is 6.03. The first kappa shape index (κ1) is 21.8. The summed E-state index contributed by atoms with van der Waals surface area (Å²) >= 11 is 6.27. The number of sulfone groups is 1. The van der Waals surface area contributed by atoms with Crippen molar-refractivity contribution in [1.82, 2.24) is 15.3 Å². The van der Waals surface area contributed by atoms with E-state index in [0.717, 1.165) is 22.9 Å². The number of hydrogen-bond donors (Lipinski definition) is 1. The van der Waals surface area contributed by atoms with Crippen molar-refractivity contribution in [3.05, 3.63) is 64.6 Å². The molecule has 0 saturated heterocycles. The highest BCUT2D eigenvalue weighted by atomic mass is 35.5. The van der Waals surface area contributed by atoms with Crippen molar-refractivity contribution in [2.24, 2.45) is 0 Å². The number of carbonyl (C=O) groups excluding carboxylic acids is 1. The molecule has 1 N–H and O–H groups in total.